The number of fused-ring (bicyclic) bond motifs is 3. The van der Waals surface area contributed by atoms with E-state index in [1.165, 1.54) is 0 Å². The van der Waals surface area contributed by atoms with Gasteiger partial charge in [-0.2, -0.15) is 0 Å². The van der Waals surface area contributed by atoms with Gasteiger partial charge in [0.15, 0.2) is 9.84 Å². The average Bonchev–Trinajstić information content (AvgIpc) is 3.49. The van der Waals surface area contributed by atoms with Crippen molar-refractivity contribution in [3.63, 3.8) is 0 Å². The second-order valence-corrected chi connectivity index (χ2v) is 14.6. The third kappa shape index (κ3) is 6.73. The second-order valence-electron chi connectivity index (χ2n) is 12.7. The van der Waals surface area contributed by atoms with Crippen molar-refractivity contribution >= 4 is 43.4 Å². The molecular formula is C41H36N4O3S. The number of aromatic amines is 1. The Hall–Kier alpha value is -5.60. The first kappa shape index (κ1) is 32.0. The molecule has 0 aliphatic rings. The summed E-state index contributed by atoms with van der Waals surface area (Å²) in [6, 6.07) is 38.2. The molecule has 8 heteroatoms. The highest BCUT2D eigenvalue weighted by Crippen LogP contribution is 2.41. The SMILES string of the molecule is CC(C)CN(C(=O)Cc1ccccn1)c1ccc(-c2cnc3[nH]c4ccc(CS(=O)(=O)c5ccccc5)cc4c3c2-c2ccccc2)cc1. The number of hydrogen-bond donors (Lipinski definition) is 1. The number of amides is 1. The summed E-state index contributed by atoms with van der Waals surface area (Å²) >= 11 is 0. The number of H-pyrrole nitrogens is 1. The maximum Gasteiger partial charge on any atom is 0.233 e. The van der Waals surface area contributed by atoms with Crippen molar-refractivity contribution in [3.05, 3.63) is 145 Å². The molecule has 4 aromatic carbocycles. The molecule has 3 heterocycles. The summed E-state index contributed by atoms with van der Waals surface area (Å²) in [4.78, 5) is 28.3. The monoisotopic (exact) mass is 664 g/mol. The number of rotatable bonds is 10. The van der Waals surface area contributed by atoms with Gasteiger partial charge >= 0.3 is 0 Å². The van der Waals surface area contributed by atoms with Crippen LogP contribution in [0.3, 0.4) is 0 Å². The number of aromatic nitrogens is 3. The minimum Gasteiger partial charge on any atom is -0.339 e. The van der Waals surface area contributed by atoms with Gasteiger partial charge in [-0.25, -0.2) is 13.4 Å². The fourth-order valence-electron chi connectivity index (χ4n) is 6.34. The van der Waals surface area contributed by atoms with E-state index in [9.17, 15) is 13.2 Å². The minimum atomic E-state index is -3.53. The number of nitrogens with one attached hydrogen (secondary N) is 1. The minimum absolute atomic E-state index is 0.00270. The first-order chi connectivity index (χ1) is 23.8. The van der Waals surface area contributed by atoms with Gasteiger partial charge < -0.3 is 9.88 Å². The van der Waals surface area contributed by atoms with Crippen LogP contribution in [0, 0.1) is 5.92 Å². The quantitative estimate of drug-likeness (QED) is 0.158. The topological polar surface area (TPSA) is 96.0 Å². The molecule has 0 unspecified atom stereocenters. The summed E-state index contributed by atoms with van der Waals surface area (Å²) < 4.78 is 26.6. The van der Waals surface area contributed by atoms with Crippen molar-refractivity contribution in [1.82, 2.24) is 15.0 Å². The van der Waals surface area contributed by atoms with Crippen molar-refractivity contribution < 1.29 is 13.2 Å². The van der Waals surface area contributed by atoms with Crippen LogP contribution in [-0.2, 0) is 26.8 Å². The summed E-state index contributed by atoms with van der Waals surface area (Å²) in [5, 5.41) is 1.83. The van der Waals surface area contributed by atoms with Crippen molar-refractivity contribution in [2.24, 2.45) is 5.92 Å². The number of carbonyl (C=O) groups is 1. The predicted octanol–water partition coefficient (Wildman–Crippen LogP) is 8.65. The van der Waals surface area contributed by atoms with E-state index in [-0.39, 0.29) is 24.0 Å². The van der Waals surface area contributed by atoms with E-state index in [1.807, 2.05) is 96.0 Å². The molecule has 0 saturated carbocycles. The molecule has 0 bridgehead atoms. The van der Waals surface area contributed by atoms with Crippen LogP contribution in [0.1, 0.15) is 25.1 Å². The van der Waals surface area contributed by atoms with Gasteiger partial charge in [-0.3, -0.25) is 9.78 Å². The molecule has 49 heavy (non-hydrogen) atoms. The van der Waals surface area contributed by atoms with E-state index in [4.69, 9.17) is 4.98 Å². The first-order valence-electron chi connectivity index (χ1n) is 16.3. The Morgan fingerprint density at radius 2 is 1.51 bits per heavy atom. The second kappa shape index (κ2) is 13.5. The highest BCUT2D eigenvalue weighted by molar-refractivity contribution is 7.90. The summed E-state index contributed by atoms with van der Waals surface area (Å²) in [6.45, 7) is 4.80. The lowest BCUT2D eigenvalue weighted by atomic mass is 9.92. The number of carbonyl (C=O) groups excluding carboxylic acids is 1. The number of anilines is 1. The van der Waals surface area contributed by atoms with E-state index in [0.717, 1.165) is 55.6 Å². The summed E-state index contributed by atoms with van der Waals surface area (Å²) in [5.41, 5.74) is 7.77. The molecule has 0 aliphatic carbocycles. The van der Waals surface area contributed by atoms with Crippen LogP contribution in [0.5, 0.6) is 0 Å². The highest BCUT2D eigenvalue weighted by Gasteiger charge is 2.22. The number of pyridine rings is 2. The van der Waals surface area contributed by atoms with E-state index in [1.54, 1.807) is 30.5 Å². The molecule has 7 rings (SSSR count). The number of nitrogens with zero attached hydrogens (tertiary/aromatic N) is 3. The van der Waals surface area contributed by atoms with Gasteiger partial charge in [0.25, 0.3) is 0 Å². The molecule has 0 aliphatic heterocycles. The van der Waals surface area contributed by atoms with Crippen LogP contribution in [0.25, 0.3) is 44.2 Å². The summed E-state index contributed by atoms with van der Waals surface area (Å²) in [6.07, 6.45) is 3.82. The number of sulfone groups is 1. The molecule has 1 amide bonds. The third-order valence-corrected chi connectivity index (χ3v) is 10.3. The lowest BCUT2D eigenvalue weighted by Crippen LogP contribution is -2.35. The van der Waals surface area contributed by atoms with Gasteiger partial charge in [-0.15, -0.1) is 0 Å². The maximum atomic E-state index is 13.5. The zero-order valence-corrected chi connectivity index (χ0v) is 28.2. The third-order valence-electron chi connectivity index (χ3n) is 8.60. The Morgan fingerprint density at radius 3 is 2.20 bits per heavy atom. The van der Waals surface area contributed by atoms with Crippen LogP contribution < -0.4 is 4.90 Å². The first-order valence-corrected chi connectivity index (χ1v) is 18.0. The number of benzene rings is 4. The van der Waals surface area contributed by atoms with Crippen molar-refractivity contribution in [2.45, 2.75) is 30.9 Å². The van der Waals surface area contributed by atoms with Crippen LogP contribution in [0.2, 0.25) is 0 Å². The number of hydrogen-bond acceptors (Lipinski definition) is 5. The Balaban J connectivity index is 1.31. The average molecular weight is 665 g/mol. The van der Waals surface area contributed by atoms with Gasteiger partial charge in [0.05, 0.1) is 17.1 Å². The van der Waals surface area contributed by atoms with Crippen molar-refractivity contribution in [3.8, 4) is 22.3 Å². The molecule has 0 fully saturated rings. The zero-order chi connectivity index (χ0) is 34.0. The summed E-state index contributed by atoms with van der Waals surface area (Å²) in [7, 11) is -3.53. The largest absolute Gasteiger partial charge is 0.339 e. The van der Waals surface area contributed by atoms with E-state index in [2.05, 4.69) is 35.9 Å². The van der Waals surface area contributed by atoms with Gasteiger partial charge in [-0.05, 0) is 71.1 Å². The van der Waals surface area contributed by atoms with Gasteiger partial charge in [-0.1, -0.05) is 86.6 Å². The normalized spacial score (nSPS) is 11.7. The smallest absolute Gasteiger partial charge is 0.233 e. The van der Waals surface area contributed by atoms with E-state index < -0.39 is 9.84 Å². The van der Waals surface area contributed by atoms with E-state index in [0.29, 0.717) is 17.0 Å². The fraction of sp³-hybridized carbons (Fsp3) is 0.146. The van der Waals surface area contributed by atoms with Gasteiger partial charge in [0, 0.05) is 57.7 Å². The summed E-state index contributed by atoms with van der Waals surface area (Å²) in [5.74, 6) is 0.163. The molecule has 0 spiro atoms. The molecule has 7 nitrogen and oxygen atoms in total. The molecular weight excluding hydrogens is 629 g/mol. The van der Waals surface area contributed by atoms with Gasteiger partial charge in [0.2, 0.25) is 5.91 Å². The molecule has 3 aromatic heterocycles. The Morgan fingerprint density at radius 1 is 0.796 bits per heavy atom. The Labute approximate surface area is 286 Å². The lowest BCUT2D eigenvalue weighted by molar-refractivity contribution is -0.118. The molecule has 7 aromatic rings. The molecule has 0 atom stereocenters. The van der Waals surface area contributed by atoms with Crippen molar-refractivity contribution in [2.75, 3.05) is 11.4 Å². The maximum absolute atomic E-state index is 13.5. The zero-order valence-electron chi connectivity index (χ0n) is 27.4. The van der Waals surface area contributed by atoms with Crippen LogP contribution in [0.4, 0.5) is 5.69 Å². The molecule has 0 radical (unpaired) electrons. The lowest BCUT2D eigenvalue weighted by Gasteiger charge is -2.25. The van der Waals surface area contributed by atoms with Crippen LogP contribution >= 0.6 is 0 Å². The molecule has 1 N–H and O–H groups in total. The van der Waals surface area contributed by atoms with Crippen LogP contribution in [0.15, 0.2) is 139 Å². The predicted molar refractivity (Wildman–Crippen MR) is 197 cm³/mol. The van der Waals surface area contributed by atoms with Crippen molar-refractivity contribution in [1.29, 1.82) is 0 Å². The van der Waals surface area contributed by atoms with Crippen LogP contribution in [-0.4, -0.2) is 35.8 Å². The Kier molecular flexibility index (Phi) is 8.80. The Bertz CT molecular complexity index is 2360. The molecule has 244 valence electrons. The van der Waals surface area contributed by atoms with E-state index >= 15 is 0 Å². The standard InChI is InChI=1S/C41H36N4O3S/c1-28(2)26-45(38(46)24-32-13-9-10-22-42-32)33-19-17-30(18-20-33)36-25-43-41-40(39(36)31-11-5-3-6-12-31)35-23-29(16-21-37(35)44-41)27-49(47,48)34-14-7-4-8-15-34/h3-23,25,28H,24,26-27H2,1-2H3,(H,43,44). The fourth-order valence-corrected chi connectivity index (χ4v) is 7.69. The van der Waals surface area contributed by atoms with Gasteiger partial charge in [0.1, 0.15) is 5.65 Å². The molecule has 0 saturated heterocycles. The highest BCUT2D eigenvalue weighted by atomic mass is 32.2.